The second-order valence-corrected chi connectivity index (χ2v) is 6.67. The van der Waals surface area contributed by atoms with Gasteiger partial charge in [-0.1, -0.05) is 20.8 Å². The van der Waals surface area contributed by atoms with Gasteiger partial charge in [-0.2, -0.15) is 0 Å². The molecule has 2 N–H and O–H groups in total. The highest BCUT2D eigenvalue weighted by molar-refractivity contribution is 5.53. The van der Waals surface area contributed by atoms with Crippen molar-refractivity contribution >= 4 is 11.4 Å². The van der Waals surface area contributed by atoms with Crippen LogP contribution in [0, 0.1) is 21.4 Å². The highest BCUT2D eigenvalue weighted by Gasteiger charge is 2.33. The van der Waals surface area contributed by atoms with E-state index in [4.69, 9.17) is 10.5 Å². The summed E-state index contributed by atoms with van der Waals surface area (Å²) in [5.74, 6) is 1.09. The minimum Gasteiger partial charge on any atom is -0.490 e. The molecule has 2 unspecified atom stereocenters. The number of hydrogen-bond donors (Lipinski definition) is 1. The van der Waals surface area contributed by atoms with Crippen molar-refractivity contribution < 1.29 is 9.66 Å². The molecule has 1 aromatic rings. The number of rotatable bonds is 3. The van der Waals surface area contributed by atoms with Crippen LogP contribution in [0.1, 0.15) is 40.0 Å². The van der Waals surface area contributed by atoms with Gasteiger partial charge in [0.25, 0.3) is 5.69 Å². The van der Waals surface area contributed by atoms with Crippen LogP contribution in [0.3, 0.4) is 0 Å². The van der Waals surface area contributed by atoms with Gasteiger partial charge < -0.3 is 10.5 Å². The number of nitrogens with two attached hydrogens (primary N) is 1. The van der Waals surface area contributed by atoms with Gasteiger partial charge in [-0.3, -0.25) is 10.1 Å². The van der Waals surface area contributed by atoms with Crippen molar-refractivity contribution in [2.24, 2.45) is 11.3 Å². The van der Waals surface area contributed by atoms with Crippen LogP contribution < -0.4 is 10.5 Å². The molecule has 20 heavy (non-hydrogen) atoms. The highest BCUT2D eigenvalue weighted by atomic mass is 16.6. The fourth-order valence-electron chi connectivity index (χ4n) is 3.32. The molecule has 5 heteroatoms. The average molecular weight is 278 g/mol. The van der Waals surface area contributed by atoms with E-state index in [1.807, 2.05) is 0 Å². The van der Waals surface area contributed by atoms with Crippen molar-refractivity contribution in [3.63, 3.8) is 0 Å². The van der Waals surface area contributed by atoms with Crippen molar-refractivity contribution in [1.82, 2.24) is 0 Å². The largest absolute Gasteiger partial charge is 0.490 e. The second kappa shape index (κ2) is 5.31. The van der Waals surface area contributed by atoms with E-state index in [1.54, 1.807) is 6.07 Å². The summed E-state index contributed by atoms with van der Waals surface area (Å²) >= 11 is 0. The van der Waals surface area contributed by atoms with Crippen molar-refractivity contribution in [3.05, 3.63) is 28.3 Å². The molecule has 0 radical (unpaired) electrons. The summed E-state index contributed by atoms with van der Waals surface area (Å²) in [5.41, 5.74) is 6.28. The first-order valence-corrected chi connectivity index (χ1v) is 6.97. The number of nitro benzene ring substituents is 1. The number of benzene rings is 1. The normalized spacial score (nSPS) is 25.1. The van der Waals surface area contributed by atoms with E-state index in [0.717, 1.165) is 12.8 Å². The van der Waals surface area contributed by atoms with Crippen LogP contribution in [-0.2, 0) is 0 Å². The number of non-ortho nitro benzene ring substituents is 1. The van der Waals surface area contributed by atoms with Crippen molar-refractivity contribution in [2.75, 3.05) is 5.73 Å². The number of nitro groups is 1. The van der Waals surface area contributed by atoms with Crippen molar-refractivity contribution in [2.45, 2.75) is 46.1 Å². The summed E-state index contributed by atoms with van der Waals surface area (Å²) in [6, 6.07) is 4.45. The maximum atomic E-state index is 10.8. The number of ether oxygens (including phenoxy) is 1. The molecule has 1 aliphatic carbocycles. The summed E-state index contributed by atoms with van der Waals surface area (Å²) in [6.07, 6.45) is 3.21. The van der Waals surface area contributed by atoms with Gasteiger partial charge in [0.1, 0.15) is 5.75 Å². The first-order chi connectivity index (χ1) is 9.25. The lowest BCUT2D eigenvalue weighted by Gasteiger charge is -2.38. The molecular weight excluding hydrogens is 256 g/mol. The minimum absolute atomic E-state index is 0.0249. The van der Waals surface area contributed by atoms with Crippen LogP contribution in [-0.4, -0.2) is 11.0 Å². The highest BCUT2D eigenvalue weighted by Crippen LogP contribution is 2.40. The van der Waals surface area contributed by atoms with Crippen LogP contribution >= 0.6 is 0 Å². The maximum Gasteiger partial charge on any atom is 0.275 e. The monoisotopic (exact) mass is 278 g/mol. The first kappa shape index (κ1) is 14.6. The lowest BCUT2D eigenvalue weighted by Crippen LogP contribution is -2.34. The Hall–Kier alpha value is -1.78. The van der Waals surface area contributed by atoms with Crippen molar-refractivity contribution in [3.8, 4) is 5.75 Å². The van der Waals surface area contributed by atoms with Crippen LogP contribution in [0.25, 0.3) is 0 Å². The molecule has 1 aliphatic rings. The fraction of sp³-hybridized carbons (Fsp3) is 0.600. The van der Waals surface area contributed by atoms with Gasteiger partial charge in [0.2, 0.25) is 0 Å². The van der Waals surface area contributed by atoms with Crippen molar-refractivity contribution in [1.29, 1.82) is 0 Å². The quantitative estimate of drug-likeness (QED) is 0.518. The summed E-state index contributed by atoms with van der Waals surface area (Å²) in [6.45, 7) is 6.70. The Morgan fingerprint density at radius 2 is 2.05 bits per heavy atom. The Balaban J connectivity index is 2.15. The molecule has 2 rings (SSSR count). The van der Waals surface area contributed by atoms with Gasteiger partial charge in [0.05, 0.1) is 17.1 Å². The molecule has 1 fully saturated rings. The zero-order valence-corrected chi connectivity index (χ0v) is 12.3. The van der Waals surface area contributed by atoms with Gasteiger partial charge in [0, 0.05) is 17.8 Å². The van der Waals surface area contributed by atoms with E-state index in [-0.39, 0.29) is 17.2 Å². The molecule has 0 aliphatic heterocycles. The minimum atomic E-state index is -0.448. The zero-order chi connectivity index (χ0) is 14.9. The van der Waals surface area contributed by atoms with Crippen LogP contribution in [0.4, 0.5) is 11.4 Å². The predicted octanol–water partition coefficient (Wildman–Crippen LogP) is 3.77. The molecule has 1 aromatic carbocycles. The number of hydrogen-bond acceptors (Lipinski definition) is 4. The standard InChI is InChI=1S/C15H22N2O3/c1-10-4-14(9-15(2,3)8-10)20-13-6-11(16)5-12(7-13)17(18)19/h5-7,10,14H,4,8-9,16H2,1-3H3. The molecule has 5 nitrogen and oxygen atoms in total. The molecule has 1 saturated carbocycles. The Morgan fingerprint density at radius 3 is 2.65 bits per heavy atom. The Labute approximate surface area is 119 Å². The van der Waals surface area contributed by atoms with Gasteiger partial charge in [0.15, 0.2) is 0 Å². The summed E-state index contributed by atoms with van der Waals surface area (Å²) < 4.78 is 5.95. The molecular formula is C15H22N2O3. The SMILES string of the molecule is CC1CC(Oc2cc(N)cc([N+](=O)[O-])c2)CC(C)(C)C1. The zero-order valence-electron chi connectivity index (χ0n) is 12.3. The topological polar surface area (TPSA) is 78.4 Å². The van der Waals surface area contributed by atoms with E-state index in [0.29, 0.717) is 17.4 Å². The van der Waals surface area contributed by atoms with E-state index < -0.39 is 4.92 Å². The van der Waals surface area contributed by atoms with Gasteiger partial charge in [-0.05, 0) is 30.6 Å². The lowest BCUT2D eigenvalue weighted by molar-refractivity contribution is -0.384. The molecule has 0 bridgehead atoms. The third kappa shape index (κ3) is 3.62. The van der Waals surface area contributed by atoms with Crippen LogP contribution in [0.5, 0.6) is 5.75 Å². The van der Waals surface area contributed by atoms with Gasteiger partial charge >= 0.3 is 0 Å². The summed E-state index contributed by atoms with van der Waals surface area (Å²) in [4.78, 5) is 10.4. The number of nitrogens with zero attached hydrogens (tertiary/aromatic N) is 1. The number of anilines is 1. The Bertz CT molecular complexity index is 514. The molecule has 0 spiro atoms. The Kier molecular flexibility index (Phi) is 3.88. The third-order valence-electron chi connectivity index (χ3n) is 3.77. The molecule has 0 amide bonds. The second-order valence-electron chi connectivity index (χ2n) is 6.67. The Morgan fingerprint density at radius 1 is 1.35 bits per heavy atom. The average Bonchev–Trinajstić information content (AvgIpc) is 2.24. The summed E-state index contributed by atoms with van der Waals surface area (Å²) in [5, 5.41) is 10.8. The van der Waals surface area contributed by atoms with Crippen LogP contribution in [0.2, 0.25) is 0 Å². The van der Waals surface area contributed by atoms with E-state index >= 15 is 0 Å². The third-order valence-corrected chi connectivity index (χ3v) is 3.77. The first-order valence-electron chi connectivity index (χ1n) is 6.97. The summed E-state index contributed by atoms with van der Waals surface area (Å²) in [7, 11) is 0. The van der Waals surface area contributed by atoms with Gasteiger partial charge in [-0.15, -0.1) is 0 Å². The van der Waals surface area contributed by atoms with E-state index in [1.165, 1.54) is 18.6 Å². The molecule has 0 aromatic heterocycles. The molecule has 110 valence electrons. The number of nitrogen functional groups attached to an aromatic ring is 1. The fourth-order valence-corrected chi connectivity index (χ4v) is 3.32. The maximum absolute atomic E-state index is 10.8. The van der Waals surface area contributed by atoms with Gasteiger partial charge in [-0.25, -0.2) is 0 Å². The molecule has 2 atom stereocenters. The molecule has 0 saturated heterocycles. The smallest absolute Gasteiger partial charge is 0.275 e. The molecule has 0 heterocycles. The van der Waals surface area contributed by atoms with E-state index in [9.17, 15) is 10.1 Å². The lowest BCUT2D eigenvalue weighted by atomic mass is 9.71. The van der Waals surface area contributed by atoms with Crippen LogP contribution in [0.15, 0.2) is 18.2 Å². The predicted molar refractivity (Wildman–Crippen MR) is 78.7 cm³/mol. The van der Waals surface area contributed by atoms with E-state index in [2.05, 4.69) is 20.8 Å².